The highest BCUT2D eigenvalue weighted by atomic mass is 16.1. The second-order valence-electron chi connectivity index (χ2n) is 4.39. The van der Waals surface area contributed by atoms with Gasteiger partial charge >= 0.3 is 0 Å². The van der Waals surface area contributed by atoms with Gasteiger partial charge in [0.15, 0.2) is 0 Å². The van der Waals surface area contributed by atoms with Crippen molar-refractivity contribution in [2.45, 2.75) is 20.3 Å². The third-order valence-electron chi connectivity index (χ3n) is 3.07. The van der Waals surface area contributed by atoms with Gasteiger partial charge in [-0.1, -0.05) is 19.1 Å². The van der Waals surface area contributed by atoms with Crippen molar-refractivity contribution in [1.29, 1.82) is 0 Å². The van der Waals surface area contributed by atoms with Crippen LogP contribution in [0.1, 0.15) is 18.6 Å². The Balaban J connectivity index is 2.32. The standard InChI is InChI=1S/C14H14N4O/c1-3-12-16-13(8-14(19)17-12)18-9(2)15-10-6-4-5-7-11(10)18/h4-8H,3H2,1-2H3,(H,16,17,19). The van der Waals surface area contributed by atoms with Gasteiger partial charge in [-0.2, -0.15) is 0 Å². The zero-order chi connectivity index (χ0) is 13.4. The summed E-state index contributed by atoms with van der Waals surface area (Å²) in [5, 5.41) is 0. The molecule has 96 valence electrons. The Morgan fingerprint density at radius 1 is 1.26 bits per heavy atom. The first-order valence-corrected chi connectivity index (χ1v) is 6.23. The molecule has 0 spiro atoms. The number of hydrogen-bond donors (Lipinski definition) is 1. The van der Waals surface area contributed by atoms with Crippen LogP contribution in [0.2, 0.25) is 0 Å². The number of nitrogens with one attached hydrogen (secondary N) is 1. The van der Waals surface area contributed by atoms with E-state index in [1.807, 2.05) is 42.7 Å². The number of nitrogens with zero attached hydrogens (tertiary/aromatic N) is 3. The third-order valence-corrected chi connectivity index (χ3v) is 3.07. The van der Waals surface area contributed by atoms with Gasteiger partial charge in [0, 0.05) is 12.5 Å². The summed E-state index contributed by atoms with van der Waals surface area (Å²) in [5.41, 5.74) is 1.72. The largest absolute Gasteiger partial charge is 0.310 e. The molecule has 0 radical (unpaired) electrons. The second kappa shape index (κ2) is 4.35. The minimum atomic E-state index is -0.140. The summed E-state index contributed by atoms with van der Waals surface area (Å²) in [6.07, 6.45) is 0.689. The number of benzene rings is 1. The normalized spacial score (nSPS) is 11.1. The highest BCUT2D eigenvalue weighted by molar-refractivity contribution is 5.77. The second-order valence-corrected chi connectivity index (χ2v) is 4.39. The molecule has 2 aromatic heterocycles. The Morgan fingerprint density at radius 3 is 2.84 bits per heavy atom. The molecule has 0 aliphatic carbocycles. The molecule has 3 aromatic rings. The Kier molecular flexibility index (Phi) is 2.67. The molecule has 5 nitrogen and oxygen atoms in total. The molecular formula is C14H14N4O. The summed E-state index contributed by atoms with van der Waals surface area (Å²) < 4.78 is 1.91. The molecule has 0 aliphatic heterocycles. The van der Waals surface area contributed by atoms with Gasteiger partial charge in [-0.15, -0.1) is 0 Å². The van der Waals surface area contributed by atoms with Crippen molar-refractivity contribution >= 4 is 11.0 Å². The van der Waals surface area contributed by atoms with E-state index in [4.69, 9.17) is 0 Å². The highest BCUT2D eigenvalue weighted by Gasteiger charge is 2.10. The van der Waals surface area contributed by atoms with Crippen LogP contribution in [0.25, 0.3) is 16.9 Å². The summed E-state index contributed by atoms with van der Waals surface area (Å²) >= 11 is 0. The molecule has 19 heavy (non-hydrogen) atoms. The van der Waals surface area contributed by atoms with Gasteiger partial charge in [-0.25, -0.2) is 9.97 Å². The predicted octanol–water partition coefficient (Wildman–Crippen LogP) is 1.98. The lowest BCUT2D eigenvalue weighted by Crippen LogP contribution is -2.14. The molecular weight excluding hydrogens is 240 g/mol. The average Bonchev–Trinajstić information content (AvgIpc) is 2.73. The summed E-state index contributed by atoms with van der Waals surface area (Å²) in [5.74, 6) is 2.12. The van der Waals surface area contributed by atoms with E-state index in [2.05, 4.69) is 15.0 Å². The molecule has 0 unspecified atom stereocenters. The van der Waals surface area contributed by atoms with Gasteiger partial charge in [0.1, 0.15) is 17.5 Å². The number of H-pyrrole nitrogens is 1. The molecule has 2 heterocycles. The molecule has 1 N–H and O–H groups in total. The van der Waals surface area contributed by atoms with E-state index in [0.29, 0.717) is 18.1 Å². The first-order chi connectivity index (χ1) is 9.19. The fourth-order valence-electron chi connectivity index (χ4n) is 2.21. The zero-order valence-electron chi connectivity index (χ0n) is 10.8. The molecule has 0 amide bonds. The Labute approximate surface area is 110 Å². The molecule has 0 fully saturated rings. The average molecular weight is 254 g/mol. The maximum absolute atomic E-state index is 11.7. The number of para-hydroxylation sites is 2. The SMILES string of the molecule is CCc1nc(-n2c(C)nc3ccccc32)cc(=O)[nH]1. The number of aromatic nitrogens is 4. The van der Waals surface area contributed by atoms with Crippen LogP contribution >= 0.6 is 0 Å². The lowest BCUT2D eigenvalue weighted by Gasteiger charge is -2.06. The lowest BCUT2D eigenvalue weighted by molar-refractivity contribution is 0.865. The molecule has 0 saturated heterocycles. The van der Waals surface area contributed by atoms with Crippen LogP contribution in [0.5, 0.6) is 0 Å². The zero-order valence-corrected chi connectivity index (χ0v) is 10.8. The highest BCUT2D eigenvalue weighted by Crippen LogP contribution is 2.18. The van der Waals surface area contributed by atoms with E-state index in [9.17, 15) is 4.79 Å². The lowest BCUT2D eigenvalue weighted by atomic mass is 10.3. The number of hydrogen-bond acceptors (Lipinski definition) is 3. The van der Waals surface area contributed by atoms with Gasteiger partial charge in [0.05, 0.1) is 11.0 Å². The van der Waals surface area contributed by atoms with Crippen molar-refractivity contribution in [2.75, 3.05) is 0 Å². The number of imidazole rings is 1. The summed E-state index contributed by atoms with van der Waals surface area (Å²) in [4.78, 5) is 23.4. The third kappa shape index (κ3) is 1.93. The quantitative estimate of drug-likeness (QED) is 0.760. The van der Waals surface area contributed by atoms with Crippen molar-refractivity contribution in [1.82, 2.24) is 19.5 Å². The fraction of sp³-hybridized carbons (Fsp3) is 0.214. The van der Waals surface area contributed by atoms with Crippen molar-refractivity contribution in [3.8, 4) is 5.82 Å². The monoisotopic (exact) mass is 254 g/mol. The predicted molar refractivity (Wildman–Crippen MR) is 73.6 cm³/mol. The minimum absolute atomic E-state index is 0.140. The number of aryl methyl sites for hydroxylation is 2. The van der Waals surface area contributed by atoms with Crippen LogP contribution < -0.4 is 5.56 Å². The van der Waals surface area contributed by atoms with Gasteiger partial charge < -0.3 is 4.98 Å². The van der Waals surface area contributed by atoms with Crippen LogP contribution in [0.3, 0.4) is 0 Å². The molecule has 0 saturated carbocycles. The summed E-state index contributed by atoms with van der Waals surface area (Å²) in [7, 11) is 0. The van der Waals surface area contributed by atoms with Crippen molar-refractivity contribution in [3.63, 3.8) is 0 Å². The smallest absolute Gasteiger partial charge is 0.253 e. The van der Waals surface area contributed by atoms with Crippen LogP contribution in [0, 0.1) is 6.92 Å². The number of rotatable bonds is 2. The maximum Gasteiger partial charge on any atom is 0.253 e. The first kappa shape index (κ1) is 11.6. The molecule has 0 aliphatic rings. The molecule has 1 aromatic carbocycles. The molecule has 0 atom stereocenters. The van der Waals surface area contributed by atoms with Crippen LogP contribution in [0.4, 0.5) is 0 Å². The van der Waals surface area contributed by atoms with Gasteiger partial charge in [-0.3, -0.25) is 9.36 Å². The van der Waals surface area contributed by atoms with E-state index in [1.165, 1.54) is 6.07 Å². The summed E-state index contributed by atoms with van der Waals surface area (Å²) in [6.45, 7) is 3.87. The molecule has 5 heteroatoms. The van der Waals surface area contributed by atoms with Gasteiger partial charge in [-0.05, 0) is 19.1 Å². The van der Waals surface area contributed by atoms with E-state index < -0.39 is 0 Å². The van der Waals surface area contributed by atoms with Gasteiger partial charge in [0.25, 0.3) is 5.56 Å². The van der Waals surface area contributed by atoms with E-state index in [0.717, 1.165) is 16.9 Å². The van der Waals surface area contributed by atoms with Crippen molar-refractivity contribution in [2.24, 2.45) is 0 Å². The topological polar surface area (TPSA) is 63.6 Å². The van der Waals surface area contributed by atoms with E-state index >= 15 is 0 Å². The van der Waals surface area contributed by atoms with Crippen LogP contribution in [0.15, 0.2) is 35.1 Å². The molecule has 0 bridgehead atoms. The number of aromatic amines is 1. The Bertz CT molecular complexity index is 801. The Hall–Kier alpha value is -2.43. The molecule has 3 rings (SSSR count). The Morgan fingerprint density at radius 2 is 2.05 bits per heavy atom. The van der Waals surface area contributed by atoms with Crippen LogP contribution in [-0.4, -0.2) is 19.5 Å². The maximum atomic E-state index is 11.7. The first-order valence-electron chi connectivity index (χ1n) is 6.23. The van der Waals surface area contributed by atoms with E-state index in [1.54, 1.807) is 0 Å². The summed E-state index contributed by atoms with van der Waals surface area (Å²) in [6, 6.07) is 9.33. The minimum Gasteiger partial charge on any atom is -0.310 e. The van der Waals surface area contributed by atoms with Gasteiger partial charge in [0.2, 0.25) is 0 Å². The van der Waals surface area contributed by atoms with Crippen molar-refractivity contribution < 1.29 is 0 Å². The fourth-order valence-corrected chi connectivity index (χ4v) is 2.21. The number of fused-ring (bicyclic) bond motifs is 1. The van der Waals surface area contributed by atoms with Crippen LogP contribution in [-0.2, 0) is 6.42 Å². The van der Waals surface area contributed by atoms with E-state index in [-0.39, 0.29) is 5.56 Å². The van der Waals surface area contributed by atoms with Crippen molar-refractivity contribution in [3.05, 3.63) is 52.3 Å².